The maximum atomic E-state index is 14.4. The third-order valence-electron chi connectivity index (χ3n) is 11.9. The average Bonchev–Trinajstić information content (AvgIpc) is 3.63. The van der Waals surface area contributed by atoms with Gasteiger partial charge < -0.3 is 19.9 Å². The lowest BCUT2D eigenvalue weighted by Gasteiger charge is -2.64. The van der Waals surface area contributed by atoms with Gasteiger partial charge in [-0.3, -0.25) is 14.2 Å². The van der Waals surface area contributed by atoms with Crippen molar-refractivity contribution in [2.45, 2.75) is 102 Å². The molecular weight excluding hydrogens is 680 g/mol. The number of nitrogens with zero attached hydrogens (tertiary/aromatic N) is 2. The minimum absolute atomic E-state index is 0.0535. The van der Waals surface area contributed by atoms with E-state index in [-0.39, 0.29) is 40.9 Å². The lowest BCUT2D eigenvalue weighted by molar-refractivity contribution is -0.199. The van der Waals surface area contributed by atoms with Crippen LogP contribution in [0.4, 0.5) is 19.0 Å². The Morgan fingerprint density at radius 2 is 1.90 bits per heavy atom. The van der Waals surface area contributed by atoms with Crippen LogP contribution in [0.3, 0.4) is 0 Å². The van der Waals surface area contributed by atoms with Gasteiger partial charge in [-0.15, -0.1) is 6.58 Å². The molecule has 4 fully saturated rings. The topological polar surface area (TPSA) is 94.5 Å². The van der Waals surface area contributed by atoms with Crippen LogP contribution in [-0.2, 0) is 33.2 Å². The summed E-state index contributed by atoms with van der Waals surface area (Å²) in [6, 6.07) is 11.9. The van der Waals surface area contributed by atoms with Gasteiger partial charge in [0.05, 0.1) is 28.9 Å². The molecule has 0 radical (unpaired) electrons. The van der Waals surface area contributed by atoms with E-state index < -0.39 is 42.0 Å². The molecule has 8 nitrogen and oxygen atoms in total. The minimum atomic E-state index is -4.51. The van der Waals surface area contributed by atoms with Gasteiger partial charge in [0, 0.05) is 12.5 Å². The summed E-state index contributed by atoms with van der Waals surface area (Å²) >= 11 is 6.82. The molecule has 2 bridgehead atoms. The standard InChI is InChI=1S/C38H43BClF3N4O4/c1-6-9-30(39-50-29-19-26-18-28(36(26,3)4)37(29,5)51-39)45-34(48)27-17-24(15-22-11-7-10-21(2)14-22)31-32(40)46-33(35(49)47(27)31)44-20-23-12-8-13-25(16-23)38(41,42)43/h6-8,10-14,16,24,26-30H,1,9,15,17-20H2,2-5H3,(H,44,46)(H,45,48)/t24-,26?,27+,28?,29?,30+,37-/m1/s1. The summed E-state index contributed by atoms with van der Waals surface area (Å²) in [5.41, 5.74) is 1.16. The molecule has 5 aliphatic rings. The minimum Gasteiger partial charge on any atom is -0.404 e. The van der Waals surface area contributed by atoms with E-state index in [0.29, 0.717) is 42.4 Å². The quantitative estimate of drug-likeness (QED) is 0.167. The van der Waals surface area contributed by atoms with Crippen molar-refractivity contribution in [1.29, 1.82) is 0 Å². The Kier molecular flexibility index (Phi) is 9.20. The molecule has 1 amide bonds. The number of aryl methyl sites for hydroxylation is 1. The van der Waals surface area contributed by atoms with E-state index in [4.69, 9.17) is 20.9 Å². The summed E-state index contributed by atoms with van der Waals surface area (Å²) in [5, 5.41) is 6.08. The van der Waals surface area contributed by atoms with Crippen LogP contribution in [0.15, 0.2) is 66.0 Å². The Morgan fingerprint density at radius 1 is 1.16 bits per heavy atom. The largest absolute Gasteiger partial charge is 0.482 e. The Balaban J connectivity index is 1.17. The number of rotatable bonds is 10. The molecule has 1 aromatic heterocycles. The second-order valence-electron chi connectivity index (χ2n) is 15.5. The summed E-state index contributed by atoms with van der Waals surface area (Å²) in [4.78, 5) is 32.9. The number of carbonyl (C=O) groups is 1. The van der Waals surface area contributed by atoms with Crippen LogP contribution in [0.25, 0.3) is 0 Å². The van der Waals surface area contributed by atoms with Gasteiger partial charge in [0.1, 0.15) is 6.04 Å². The van der Waals surface area contributed by atoms with Gasteiger partial charge in [-0.25, -0.2) is 4.98 Å². The van der Waals surface area contributed by atoms with Crippen LogP contribution >= 0.6 is 11.6 Å². The molecule has 3 aromatic rings. The first-order valence-electron chi connectivity index (χ1n) is 17.6. The van der Waals surface area contributed by atoms with Crippen molar-refractivity contribution in [2.24, 2.45) is 17.3 Å². The SMILES string of the molecule is C=CC[C@H](NC(=O)[C@@H]1C[C@@H](Cc2cccc(C)c2)c2c(Cl)nc(NCc3cccc(C(F)(F)F)c3)c(=O)n21)B1OC2CC3CC(C3(C)C)[C@@]2(C)O1. The second kappa shape index (κ2) is 13.1. The van der Waals surface area contributed by atoms with E-state index >= 15 is 0 Å². The van der Waals surface area contributed by atoms with Gasteiger partial charge in [0.25, 0.3) is 5.56 Å². The highest BCUT2D eigenvalue weighted by atomic mass is 35.5. The Hall–Kier alpha value is -3.61. The fraction of sp³-hybridized carbons (Fsp3) is 0.500. The van der Waals surface area contributed by atoms with Crippen molar-refractivity contribution >= 4 is 30.4 Å². The fourth-order valence-corrected chi connectivity index (χ4v) is 9.47. The van der Waals surface area contributed by atoms with Crippen molar-refractivity contribution in [3.8, 4) is 0 Å². The molecular formula is C38H43BClF3N4O4. The number of benzene rings is 2. The second-order valence-corrected chi connectivity index (χ2v) is 15.8. The van der Waals surface area contributed by atoms with Gasteiger partial charge in [0.2, 0.25) is 5.91 Å². The lowest BCUT2D eigenvalue weighted by atomic mass is 9.43. The van der Waals surface area contributed by atoms with E-state index in [0.717, 1.165) is 36.1 Å². The molecule has 3 aliphatic carbocycles. The van der Waals surface area contributed by atoms with Crippen LogP contribution in [0.2, 0.25) is 5.15 Å². The van der Waals surface area contributed by atoms with Gasteiger partial charge in [0.15, 0.2) is 11.0 Å². The van der Waals surface area contributed by atoms with E-state index in [1.807, 2.05) is 25.1 Å². The summed E-state index contributed by atoms with van der Waals surface area (Å²) in [5.74, 6) is -0.488. The molecule has 3 heterocycles. The molecule has 0 spiro atoms. The van der Waals surface area contributed by atoms with Crippen LogP contribution in [-0.4, -0.2) is 40.2 Å². The normalized spacial score (nSPS) is 28.0. The fourth-order valence-electron chi connectivity index (χ4n) is 9.14. The van der Waals surface area contributed by atoms with Crippen molar-refractivity contribution in [2.75, 3.05) is 5.32 Å². The Bertz CT molecular complexity index is 1920. The number of amides is 1. The number of aromatic nitrogens is 2. The predicted molar refractivity (Wildman–Crippen MR) is 190 cm³/mol. The summed E-state index contributed by atoms with van der Waals surface area (Å²) in [6.45, 7) is 12.5. The smallest absolute Gasteiger partial charge is 0.404 e. The highest BCUT2D eigenvalue weighted by Gasteiger charge is 2.68. The zero-order valence-electron chi connectivity index (χ0n) is 29.2. The number of hydrogen-bond donors (Lipinski definition) is 2. The third kappa shape index (κ3) is 6.41. The number of halogens is 4. The Labute approximate surface area is 301 Å². The lowest BCUT2D eigenvalue weighted by Crippen LogP contribution is -2.65. The highest BCUT2D eigenvalue weighted by molar-refractivity contribution is 6.48. The number of hydrogen-bond acceptors (Lipinski definition) is 6. The zero-order valence-corrected chi connectivity index (χ0v) is 30.0. The summed E-state index contributed by atoms with van der Waals surface area (Å²) in [6.07, 6.45) is 0.327. The van der Waals surface area contributed by atoms with Crippen molar-refractivity contribution in [1.82, 2.24) is 14.9 Å². The summed E-state index contributed by atoms with van der Waals surface area (Å²) < 4.78 is 54.7. The van der Waals surface area contributed by atoms with Crippen LogP contribution in [0.5, 0.6) is 0 Å². The van der Waals surface area contributed by atoms with Crippen LogP contribution < -0.4 is 16.2 Å². The molecule has 1 saturated heterocycles. The number of nitrogens with one attached hydrogen (secondary N) is 2. The molecule has 3 unspecified atom stereocenters. The van der Waals surface area contributed by atoms with E-state index in [1.54, 1.807) is 6.08 Å². The van der Waals surface area contributed by atoms with Crippen molar-refractivity contribution < 1.29 is 27.3 Å². The molecule has 2 aromatic carbocycles. The monoisotopic (exact) mass is 722 g/mol. The summed E-state index contributed by atoms with van der Waals surface area (Å²) in [7, 11) is -0.691. The van der Waals surface area contributed by atoms with Crippen molar-refractivity contribution in [3.63, 3.8) is 0 Å². The first kappa shape index (κ1) is 35.8. The molecule has 8 rings (SSSR count). The van der Waals surface area contributed by atoms with E-state index in [9.17, 15) is 22.8 Å². The zero-order chi connectivity index (χ0) is 36.5. The van der Waals surface area contributed by atoms with E-state index in [1.165, 1.54) is 16.7 Å². The van der Waals surface area contributed by atoms with Gasteiger partial charge in [-0.2, -0.15) is 13.2 Å². The average molecular weight is 723 g/mol. The van der Waals surface area contributed by atoms with E-state index in [2.05, 4.69) is 49.0 Å². The molecule has 2 aliphatic heterocycles. The highest BCUT2D eigenvalue weighted by Crippen LogP contribution is 2.65. The Morgan fingerprint density at radius 3 is 2.61 bits per heavy atom. The van der Waals surface area contributed by atoms with Crippen LogP contribution in [0.1, 0.15) is 86.4 Å². The van der Waals surface area contributed by atoms with Crippen LogP contribution in [0, 0.1) is 24.2 Å². The molecule has 51 heavy (non-hydrogen) atoms. The first-order chi connectivity index (χ1) is 24.1. The number of anilines is 1. The number of carbonyl (C=O) groups excluding carboxylic acids is 1. The third-order valence-corrected chi connectivity index (χ3v) is 12.2. The van der Waals surface area contributed by atoms with Gasteiger partial charge in [-0.05, 0) is 86.5 Å². The van der Waals surface area contributed by atoms with Crippen molar-refractivity contribution in [3.05, 3.63) is 105 Å². The molecule has 7 atom stereocenters. The maximum absolute atomic E-state index is 14.4. The van der Waals surface area contributed by atoms with Gasteiger partial charge in [-0.1, -0.05) is 73.5 Å². The maximum Gasteiger partial charge on any atom is 0.482 e. The van der Waals surface area contributed by atoms with Gasteiger partial charge >= 0.3 is 13.3 Å². The molecule has 3 saturated carbocycles. The predicted octanol–water partition coefficient (Wildman–Crippen LogP) is 7.44. The molecule has 13 heteroatoms. The number of alkyl halides is 3. The molecule has 2 N–H and O–H groups in total. The first-order valence-corrected chi connectivity index (χ1v) is 18.0. The molecule has 270 valence electrons. The number of fused-ring (bicyclic) bond motifs is 1.